The summed E-state index contributed by atoms with van der Waals surface area (Å²) in [4.78, 5) is 0. The van der Waals surface area contributed by atoms with Crippen molar-refractivity contribution < 1.29 is 0 Å². The van der Waals surface area contributed by atoms with Crippen LogP contribution in [0.5, 0.6) is 0 Å². The van der Waals surface area contributed by atoms with Crippen LogP contribution in [0.15, 0.2) is 48.5 Å². The summed E-state index contributed by atoms with van der Waals surface area (Å²) in [5, 5.41) is 7.45. The highest BCUT2D eigenvalue weighted by Gasteiger charge is 2.13. The van der Waals surface area contributed by atoms with E-state index in [0.717, 1.165) is 0 Å². The van der Waals surface area contributed by atoms with E-state index in [-0.39, 0.29) is 17.2 Å². The first kappa shape index (κ1) is 16.3. The molecule has 1 atom stereocenters. The SMILES string of the molecule is CC(CC(=N)N)c1cccc(-c2ccc(C(C)(C)C)cc2)c1. The van der Waals surface area contributed by atoms with E-state index in [9.17, 15) is 0 Å². The fourth-order valence-electron chi connectivity index (χ4n) is 2.64. The molecule has 2 rings (SSSR count). The molecule has 0 aromatic heterocycles. The Balaban J connectivity index is 2.28. The zero-order valence-electron chi connectivity index (χ0n) is 14.0. The van der Waals surface area contributed by atoms with E-state index in [2.05, 4.69) is 76.2 Å². The molecule has 0 saturated heterocycles. The molecule has 0 aliphatic rings. The third-order valence-corrected chi connectivity index (χ3v) is 4.07. The quantitative estimate of drug-likeness (QED) is 0.599. The minimum Gasteiger partial charge on any atom is -0.388 e. The Kier molecular flexibility index (Phi) is 4.70. The molecule has 2 aromatic carbocycles. The van der Waals surface area contributed by atoms with Gasteiger partial charge in [0.2, 0.25) is 0 Å². The van der Waals surface area contributed by atoms with Crippen molar-refractivity contribution in [1.82, 2.24) is 0 Å². The fourth-order valence-corrected chi connectivity index (χ4v) is 2.64. The van der Waals surface area contributed by atoms with Crippen molar-refractivity contribution in [2.75, 3.05) is 0 Å². The summed E-state index contributed by atoms with van der Waals surface area (Å²) in [6.45, 7) is 8.80. The molecule has 0 heterocycles. The van der Waals surface area contributed by atoms with Gasteiger partial charge in [0.1, 0.15) is 0 Å². The topological polar surface area (TPSA) is 49.9 Å². The van der Waals surface area contributed by atoms with Crippen molar-refractivity contribution in [2.45, 2.75) is 45.4 Å². The fraction of sp³-hybridized carbons (Fsp3) is 0.350. The number of hydrogen-bond acceptors (Lipinski definition) is 1. The molecular formula is C20H26N2. The van der Waals surface area contributed by atoms with Crippen molar-refractivity contribution in [3.8, 4) is 11.1 Å². The molecule has 0 spiro atoms. The van der Waals surface area contributed by atoms with Crippen LogP contribution < -0.4 is 5.73 Å². The van der Waals surface area contributed by atoms with Gasteiger partial charge in [0, 0.05) is 6.42 Å². The highest BCUT2D eigenvalue weighted by molar-refractivity contribution is 5.77. The molecule has 0 aliphatic heterocycles. The van der Waals surface area contributed by atoms with Gasteiger partial charge < -0.3 is 5.73 Å². The third-order valence-electron chi connectivity index (χ3n) is 4.07. The zero-order valence-corrected chi connectivity index (χ0v) is 14.0. The summed E-state index contributed by atoms with van der Waals surface area (Å²) in [7, 11) is 0. The lowest BCUT2D eigenvalue weighted by molar-refractivity contribution is 0.590. The van der Waals surface area contributed by atoms with Crippen LogP contribution >= 0.6 is 0 Å². The molecule has 1 unspecified atom stereocenters. The van der Waals surface area contributed by atoms with Crippen LogP contribution in [0.1, 0.15) is 51.2 Å². The van der Waals surface area contributed by atoms with Crippen LogP contribution in [0, 0.1) is 5.41 Å². The number of amidine groups is 1. The Morgan fingerprint density at radius 2 is 1.68 bits per heavy atom. The van der Waals surface area contributed by atoms with Gasteiger partial charge in [-0.05, 0) is 33.6 Å². The molecule has 3 N–H and O–H groups in total. The first-order valence-corrected chi connectivity index (χ1v) is 7.81. The number of nitrogens with two attached hydrogens (primary N) is 1. The summed E-state index contributed by atoms with van der Waals surface area (Å²) >= 11 is 0. The Labute approximate surface area is 133 Å². The maximum absolute atomic E-state index is 7.45. The predicted octanol–water partition coefficient (Wildman–Crippen LogP) is 5.08. The molecule has 22 heavy (non-hydrogen) atoms. The van der Waals surface area contributed by atoms with Gasteiger partial charge in [-0.25, -0.2) is 0 Å². The standard InChI is InChI=1S/C20H26N2/c1-14(12-19(21)22)16-6-5-7-17(13-16)15-8-10-18(11-9-15)20(2,3)4/h5-11,13-14H,12H2,1-4H3,(H3,21,22). The van der Waals surface area contributed by atoms with E-state index in [4.69, 9.17) is 11.1 Å². The second-order valence-corrected chi connectivity index (χ2v) is 7.08. The zero-order chi connectivity index (χ0) is 16.3. The molecule has 0 fully saturated rings. The average molecular weight is 294 g/mol. The summed E-state index contributed by atoms with van der Waals surface area (Å²) in [5.41, 5.74) is 10.7. The largest absolute Gasteiger partial charge is 0.388 e. The predicted molar refractivity (Wildman–Crippen MR) is 95.5 cm³/mol. The maximum atomic E-state index is 7.45. The maximum Gasteiger partial charge on any atom is 0.0911 e. The Hall–Kier alpha value is -2.09. The van der Waals surface area contributed by atoms with E-state index in [0.29, 0.717) is 6.42 Å². The summed E-state index contributed by atoms with van der Waals surface area (Å²) in [6.07, 6.45) is 0.604. The van der Waals surface area contributed by atoms with E-state index < -0.39 is 0 Å². The molecule has 116 valence electrons. The van der Waals surface area contributed by atoms with Crippen molar-refractivity contribution in [1.29, 1.82) is 5.41 Å². The number of benzene rings is 2. The smallest absolute Gasteiger partial charge is 0.0911 e. The Morgan fingerprint density at radius 1 is 1.05 bits per heavy atom. The molecule has 2 aromatic rings. The highest BCUT2D eigenvalue weighted by atomic mass is 14.7. The molecule has 0 bridgehead atoms. The van der Waals surface area contributed by atoms with E-state index >= 15 is 0 Å². The highest BCUT2D eigenvalue weighted by Crippen LogP contribution is 2.28. The minimum atomic E-state index is 0.177. The van der Waals surface area contributed by atoms with Crippen LogP contribution in [-0.2, 0) is 5.41 Å². The Morgan fingerprint density at radius 3 is 2.23 bits per heavy atom. The van der Waals surface area contributed by atoms with Crippen molar-refractivity contribution in [3.05, 3.63) is 59.7 Å². The van der Waals surface area contributed by atoms with Crippen molar-refractivity contribution in [2.24, 2.45) is 5.73 Å². The second kappa shape index (κ2) is 6.35. The lowest BCUT2D eigenvalue weighted by Gasteiger charge is -2.19. The monoisotopic (exact) mass is 294 g/mol. The van der Waals surface area contributed by atoms with Crippen LogP contribution in [0.3, 0.4) is 0 Å². The van der Waals surface area contributed by atoms with Crippen LogP contribution in [-0.4, -0.2) is 5.84 Å². The first-order valence-electron chi connectivity index (χ1n) is 7.81. The summed E-state index contributed by atoms with van der Waals surface area (Å²) in [6, 6.07) is 17.3. The molecule has 0 aliphatic carbocycles. The second-order valence-electron chi connectivity index (χ2n) is 7.08. The summed E-state index contributed by atoms with van der Waals surface area (Å²) < 4.78 is 0. The van der Waals surface area contributed by atoms with Crippen molar-refractivity contribution in [3.63, 3.8) is 0 Å². The molecule has 2 heteroatoms. The van der Waals surface area contributed by atoms with Gasteiger partial charge in [-0.3, -0.25) is 5.41 Å². The number of nitrogens with one attached hydrogen (secondary N) is 1. The number of hydrogen-bond donors (Lipinski definition) is 2. The van der Waals surface area contributed by atoms with E-state index in [1.165, 1.54) is 22.3 Å². The third kappa shape index (κ3) is 3.97. The summed E-state index contributed by atoms with van der Waals surface area (Å²) in [5.74, 6) is 0.513. The average Bonchev–Trinajstić information content (AvgIpc) is 2.46. The Bertz CT molecular complexity index is 648. The first-order chi connectivity index (χ1) is 10.3. The molecule has 2 nitrogen and oxygen atoms in total. The van der Waals surface area contributed by atoms with Gasteiger partial charge in [0.25, 0.3) is 0 Å². The van der Waals surface area contributed by atoms with Crippen molar-refractivity contribution >= 4 is 5.84 Å². The molecular weight excluding hydrogens is 268 g/mol. The van der Waals surface area contributed by atoms with E-state index in [1.807, 2.05) is 0 Å². The molecule has 0 amide bonds. The van der Waals surface area contributed by atoms with Gasteiger partial charge in [-0.1, -0.05) is 76.2 Å². The van der Waals surface area contributed by atoms with Gasteiger partial charge >= 0.3 is 0 Å². The lowest BCUT2D eigenvalue weighted by atomic mass is 9.86. The van der Waals surface area contributed by atoms with Gasteiger partial charge in [-0.2, -0.15) is 0 Å². The van der Waals surface area contributed by atoms with Crippen LogP contribution in [0.25, 0.3) is 11.1 Å². The lowest BCUT2D eigenvalue weighted by Crippen LogP contribution is -2.12. The number of rotatable bonds is 4. The van der Waals surface area contributed by atoms with Gasteiger partial charge in [-0.15, -0.1) is 0 Å². The normalized spacial score (nSPS) is 12.9. The molecule has 0 radical (unpaired) electrons. The van der Waals surface area contributed by atoms with Crippen LogP contribution in [0.2, 0.25) is 0 Å². The van der Waals surface area contributed by atoms with Gasteiger partial charge in [0.05, 0.1) is 5.84 Å². The van der Waals surface area contributed by atoms with Crippen LogP contribution in [0.4, 0.5) is 0 Å². The molecule has 0 saturated carbocycles. The van der Waals surface area contributed by atoms with Gasteiger partial charge in [0.15, 0.2) is 0 Å². The minimum absolute atomic E-state index is 0.177. The van der Waals surface area contributed by atoms with E-state index in [1.54, 1.807) is 0 Å².